The summed E-state index contributed by atoms with van der Waals surface area (Å²) in [6.45, 7) is 1.70. The average Bonchev–Trinajstić information content (AvgIpc) is 2.18. The van der Waals surface area contributed by atoms with Crippen molar-refractivity contribution in [2.45, 2.75) is 6.10 Å². The molecule has 0 aromatic heterocycles. The van der Waals surface area contributed by atoms with E-state index in [1.807, 2.05) is 4.90 Å². The van der Waals surface area contributed by atoms with Crippen molar-refractivity contribution in [3.05, 3.63) is 0 Å². The highest BCUT2D eigenvalue weighted by atomic mass is 19.1. The van der Waals surface area contributed by atoms with Crippen LogP contribution in [-0.2, 0) is 9.53 Å². The number of amides is 1. The molecule has 0 radical (unpaired) electrons. The molecule has 1 fully saturated rings. The van der Waals surface area contributed by atoms with Crippen LogP contribution in [0.1, 0.15) is 0 Å². The van der Waals surface area contributed by atoms with Crippen molar-refractivity contribution in [1.29, 1.82) is 0 Å². The maximum atomic E-state index is 12.0. The van der Waals surface area contributed by atoms with Crippen LogP contribution in [0, 0.1) is 0 Å². The fraction of sp³-hybridized carbons (Fsp3) is 0.875. The molecular weight excluding hydrogens is 175 g/mol. The van der Waals surface area contributed by atoms with Crippen molar-refractivity contribution in [1.82, 2.24) is 10.2 Å². The van der Waals surface area contributed by atoms with E-state index in [1.165, 1.54) is 0 Å². The molecule has 1 N–H and O–H groups in total. The first-order valence-electron chi connectivity index (χ1n) is 4.39. The second kappa shape index (κ2) is 5.14. The van der Waals surface area contributed by atoms with E-state index in [9.17, 15) is 9.18 Å². The van der Waals surface area contributed by atoms with Gasteiger partial charge in [0.2, 0.25) is 5.91 Å². The zero-order valence-corrected chi connectivity index (χ0v) is 7.75. The Morgan fingerprint density at radius 2 is 2.54 bits per heavy atom. The predicted molar refractivity (Wildman–Crippen MR) is 46.2 cm³/mol. The largest absolute Gasteiger partial charge is 0.366 e. The highest BCUT2D eigenvalue weighted by Crippen LogP contribution is 2.04. The lowest BCUT2D eigenvalue weighted by molar-refractivity contribution is -0.138. The van der Waals surface area contributed by atoms with E-state index in [0.29, 0.717) is 26.2 Å². The molecule has 1 amide bonds. The highest BCUT2D eigenvalue weighted by Gasteiger charge is 2.25. The van der Waals surface area contributed by atoms with Crippen molar-refractivity contribution in [2.75, 3.05) is 40.0 Å². The van der Waals surface area contributed by atoms with E-state index < -0.39 is 6.10 Å². The number of carbonyl (C=O) groups excluding carboxylic acids is 1. The van der Waals surface area contributed by atoms with E-state index in [0.717, 1.165) is 0 Å². The smallest absolute Gasteiger partial charge is 0.250 e. The van der Waals surface area contributed by atoms with Crippen LogP contribution in [0.15, 0.2) is 0 Å². The van der Waals surface area contributed by atoms with Gasteiger partial charge in [-0.25, -0.2) is 4.39 Å². The predicted octanol–water partition coefficient (Wildman–Crippen LogP) is -0.597. The SMILES string of the molecule is CNC(=O)C1CN(CCF)CCO1. The third kappa shape index (κ3) is 2.93. The van der Waals surface area contributed by atoms with Crippen molar-refractivity contribution in [3.63, 3.8) is 0 Å². The van der Waals surface area contributed by atoms with E-state index >= 15 is 0 Å². The monoisotopic (exact) mass is 190 g/mol. The first kappa shape index (κ1) is 10.4. The number of hydrogen-bond donors (Lipinski definition) is 1. The number of alkyl halides is 1. The van der Waals surface area contributed by atoms with Gasteiger partial charge < -0.3 is 10.1 Å². The van der Waals surface area contributed by atoms with Gasteiger partial charge in [-0.15, -0.1) is 0 Å². The summed E-state index contributed by atoms with van der Waals surface area (Å²) in [6, 6.07) is 0. The summed E-state index contributed by atoms with van der Waals surface area (Å²) < 4.78 is 17.2. The van der Waals surface area contributed by atoms with Gasteiger partial charge in [0.15, 0.2) is 0 Å². The molecule has 0 spiro atoms. The molecule has 0 aliphatic carbocycles. The summed E-state index contributed by atoms with van der Waals surface area (Å²) in [5.74, 6) is -0.136. The molecule has 1 aliphatic heterocycles. The van der Waals surface area contributed by atoms with Gasteiger partial charge in [0.1, 0.15) is 12.8 Å². The number of rotatable bonds is 3. The third-order valence-electron chi connectivity index (χ3n) is 2.09. The molecule has 1 unspecified atom stereocenters. The Bertz CT molecular complexity index is 176. The fourth-order valence-corrected chi connectivity index (χ4v) is 1.34. The molecule has 13 heavy (non-hydrogen) atoms. The van der Waals surface area contributed by atoms with Gasteiger partial charge in [-0.1, -0.05) is 0 Å². The van der Waals surface area contributed by atoms with E-state index in [1.54, 1.807) is 7.05 Å². The maximum Gasteiger partial charge on any atom is 0.250 e. The van der Waals surface area contributed by atoms with Crippen molar-refractivity contribution >= 4 is 5.91 Å². The van der Waals surface area contributed by atoms with Crippen LogP contribution in [0.2, 0.25) is 0 Å². The first-order valence-corrected chi connectivity index (χ1v) is 4.39. The first-order chi connectivity index (χ1) is 6.27. The quantitative estimate of drug-likeness (QED) is 0.646. The Morgan fingerprint density at radius 1 is 1.77 bits per heavy atom. The number of hydrogen-bond acceptors (Lipinski definition) is 3. The Balaban J connectivity index is 2.37. The normalized spacial score (nSPS) is 24.3. The third-order valence-corrected chi connectivity index (χ3v) is 2.09. The molecule has 1 rings (SSSR count). The molecule has 0 bridgehead atoms. The number of carbonyl (C=O) groups is 1. The Labute approximate surface area is 77.0 Å². The lowest BCUT2D eigenvalue weighted by Crippen LogP contribution is -2.49. The average molecular weight is 190 g/mol. The second-order valence-corrected chi connectivity index (χ2v) is 2.96. The minimum absolute atomic E-state index is 0.136. The lowest BCUT2D eigenvalue weighted by Gasteiger charge is -2.30. The van der Waals surface area contributed by atoms with E-state index in [-0.39, 0.29) is 12.6 Å². The van der Waals surface area contributed by atoms with Gasteiger partial charge in [-0.2, -0.15) is 0 Å². The van der Waals surface area contributed by atoms with Crippen molar-refractivity contribution in [3.8, 4) is 0 Å². The highest BCUT2D eigenvalue weighted by molar-refractivity contribution is 5.80. The number of halogens is 1. The van der Waals surface area contributed by atoms with Crippen LogP contribution in [0.3, 0.4) is 0 Å². The van der Waals surface area contributed by atoms with Crippen LogP contribution in [-0.4, -0.2) is 56.9 Å². The Kier molecular flexibility index (Phi) is 4.11. The molecule has 76 valence electrons. The Morgan fingerprint density at radius 3 is 3.15 bits per heavy atom. The lowest BCUT2D eigenvalue weighted by atomic mass is 10.2. The molecule has 1 aliphatic rings. The minimum atomic E-state index is -0.440. The van der Waals surface area contributed by atoms with Gasteiger partial charge in [0, 0.05) is 26.7 Å². The van der Waals surface area contributed by atoms with Crippen LogP contribution in [0.4, 0.5) is 4.39 Å². The van der Waals surface area contributed by atoms with E-state index in [2.05, 4.69) is 5.32 Å². The van der Waals surface area contributed by atoms with E-state index in [4.69, 9.17) is 4.74 Å². The number of morpholine rings is 1. The van der Waals surface area contributed by atoms with Gasteiger partial charge in [0.05, 0.1) is 6.61 Å². The molecule has 0 aromatic rings. The molecule has 1 saturated heterocycles. The zero-order chi connectivity index (χ0) is 9.68. The minimum Gasteiger partial charge on any atom is -0.366 e. The molecule has 1 atom stereocenters. The number of nitrogens with one attached hydrogen (secondary N) is 1. The number of likely N-dealkylation sites (N-methyl/N-ethyl adjacent to an activating group) is 1. The fourth-order valence-electron chi connectivity index (χ4n) is 1.34. The topological polar surface area (TPSA) is 41.6 Å². The summed E-state index contributed by atoms with van der Waals surface area (Å²) in [4.78, 5) is 13.1. The molecule has 1 heterocycles. The van der Waals surface area contributed by atoms with Crippen LogP contribution in [0.25, 0.3) is 0 Å². The van der Waals surface area contributed by atoms with Crippen molar-refractivity contribution < 1.29 is 13.9 Å². The molecule has 0 aromatic carbocycles. The summed E-state index contributed by atoms with van der Waals surface area (Å²) in [5.41, 5.74) is 0. The van der Waals surface area contributed by atoms with Crippen LogP contribution < -0.4 is 5.32 Å². The number of ether oxygens (including phenoxy) is 1. The van der Waals surface area contributed by atoms with Crippen LogP contribution in [0.5, 0.6) is 0 Å². The summed E-state index contributed by atoms with van der Waals surface area (Å²) in [6.07, 6.45) is -0.440. The maximum absolute atomic E-state index is 12.0. The van der Waals surface area contributed by atoms with Gasteiger partial charge in [-0.3, -0.25) is 9.69 Å². The molecular formula is C8H15FN2O2. The summed E-state index contributed by atoms with van der Waals surface area (Å²) in [5, 5.41) is 2.51. The van der Waals surface area contributed by atoms with Crippen LogP contribution >= 0.6 is 0 Å². The Hall–Kier alpha value is -0.680. The van der Waals surface area contributed by atoms with Gasteiger partial charge in [0.25, 0.3) is 0 Å². The molecule has 5 heteroatoms. The van der Waals surface area contributed by atoms with Gasteiger partial charge >= 0.3 is 0 Å². The molecule has 0 saturated carbocycles. The zero-order valence-electron chi connectivity index (χ0n) is 7.75. The second-order valence-electron chi connectivity index (χ2n) is 2.96. The standard InChI is InChI=1S/C8H15FN2O2/c1-10-8(12)7-6-11(3-2-9)4-5-13-7/h7H,2-6H2,1H3,(H,10,12). The van der Waals surface area contributed by atoms with Gasteiger partial charge in [-0.05, 0) is 0 Å². The summed E-state index contributed by atoms with van der Waals surface area (Å²) >= 11 is 0. The van der Waals surface area contributed by atoms with Crippen molar-refractivity contribution in [2.24, 2.45) is 0 Å². The molecule has 4 nitrogen and oxygen atoms in total. The summed E-state index contributed by atoms with van der Waals surface area (Å²) in [7, 11) is 1.57. The number of nitrogens with zero attached hydrogens (tertiary/aromatic N) is 1.